The monoisotopic (exact) mass is 299 g/mol. The fourth-order valence-corrected chi connectivity index (χ4v) is 3.02. The van der Waals surface area contributed by atoms with Gasteiger partial charge in [-0.1, -0.05) is 60.1 Å². The SMILES string of the molecule is CNC(c1c(F)cccc1Cl)c1cccc2ccccc12. The summed E-state index contributed by atoms with van der Waals surface area (Å²) in [6.45, 7) is 0. The van der Waals surface area contributed by atoms with Crippen LogP contribution in [0.2, 0.25) is 5.02 Å². The molecule has 3 aromatic rings. The van der Waals surface area contributed by atoms with Gasteiger partial charge in [-0.05, 0) is 35.5 Å². The predicted octanol–water partition coefficient (Wildman–Crippen LogP) is 4.94. The van der Waals surface area contributed by atoms with Gasteiger partial charge in [-0.25, -0.2) is 4.39 Å². The largest absolute Gasteiger partial charge is 0.309 e. The van der Waals surface area contributed by atoms with Crippen LogP contribution in [0, 0.1) is 5.82 Å². The second-order valence-corrected chi connectivity index (χ2v) is 5.33. The molecule has 1 unspecified atom stereocenters. The molecule has 3 heteroatoms. The second kappa shape index (κ2) is 5.84. The van der Waals surface area contributed by atoms with Crippen molar-refractivity contribution in [3.63, 3.8) is 0 Å². The zero-order valence-electron chi connectivity index (χ0n) is 11.6. The predicted molar refractivity (Wildman–Crippen MR) is 86.3 cm³/mol. The van der Waals surface area contributed by atoms with Crippen molar-refractivity contribution in [3.05, 3.63) is 82.6 Å². The van der Waals surface area contributed by atoms with Crippen LogP contribution < -0.4 is 5.32 Å². The third-order valence-electron chi connectivity index (χ3n) is 3.71. The molecule has 3 rings (SSSR count). The van der Waals surface area contributed by atoms with Crippen molar-refractivity contribution in [2.24, 2.45) is 0 Å². The molecule has 0 bridgehead atoms. The number of benzene rings is 3. The van der Waals surface area contributed by atoms with E-state index in [0.29, 0.717) is 10.6 Å². The van der Waals surface area contributed by atoms with Crippen molar-refractivity contribution < 1.29 is 4.39 Å². The van der Waals surface area contributed by atoms with E-state index in [9.17, 15) is 4.39 Å². The lowest BCUT2D eigenvalue weighted by Gasteiger charge is -2.21. The normalized spacial score (nSPS) is 12.5. The van der Waals surface area contributed by atoms with Gasteiger partial charge >= 0.3 is 0 Å². The van der Waals surface area contributed by atoms with E-state index in [1.54, 1.807) is 12.1 Å². The zero-order valence-corrected chi connectivity index (χ0v) is 12.4. The average molecular weight is 300 g/mol. The maximum absolute atomic E-state index is 14.2. The number of nitrogens with one attached hydrogen (secondary N) is 1. The minimum absolute atomic E-state index is 0.287. The zero-order chi connectivity index (χ0) is 14.8. The number of fused-ring (bicyclic) bond motifs is 1. The molecule has 1 nitrogen and oxygen atoms in total. The lowest BCUT2D eigenvalue weighted by Crippen LogP contribution is -2.19. The molecule has 21 heavy (non-hydrogen) atoms. The van der Waals surface area contributed by atoms with Crippen LogP contribution in [0.3, 0.4) is 0 Å². The van der Waals surface area contributed by atoms with Crippen LogP contribution in [-0.2, 0) is 0 Å². The highest BCUT2D eigenvalue weighted by Crippen LogP contribution is 2.33. The standard InChI is InChI=1S/C18H15ClFN/c1-21-18(17-15(19)10-5-11-16(17)20)14-9-4-7-12-6-2-3-8-13(12)14/h2-11,18,21H,1H3. The summed E-state index contributed by atoms with van der Waals surface area (Å²) in [5.41, 5.74) is 1.50. The summed E-state index contributed by atoms with van der Waals surface area (Å²) in [5.74, 6) is -0.296. The van der Waals surface area contributed by atoms with Crippen molar-refractivity contribution in [1.29, 1.82) is 0 Å². The Morgan fingerprint density at radius 3 is 2.43 bits per heavy atom. The highest BCUT2D eigenvalue weighted by molar-refractivity contribution is 6.31. The fourth-order valence-electron chi connectivity index (χ4n) is 2.74. The van der Waals surface area contributed by atoms with E-state index in [-0.39, 0.29) is 11.9 Å². The van der Waals surface area contributed by atoms with Crippen molar-refractivity contribution >= 4 is 22.4 Å². The third-order valence-corrected chi connectivity index (χ3v) is 4.04. The Morgan fingerprint density at radius 1 is 0.952 bits per heavy atom. The Morgan fingerprint density at radius 2 is 1.67 bits per heavy atom. The van der Waals surface area contributed by atoms with E-state index >= 15 is 0 Å². The molecule has 0 amide bonds. The smallest absolute Gasteiger partial charge is 0.129 e. The van der Waals surface area contributed by atoms with E-state index in [1.807, 2.05) is 37.4 Å². The molecule has 0 saturated carbocycles. The summed E-state index contributed by atoms with van der Waals surface area (Å²) >= 11 is 6.22. The molecule has 1 N–H and O–H groups in total. The first-order valence-electron chi connectivity index (χ1n) is 6.81. The highest BCUT2D eigenvalue weighted by Gasteiger charge is 2.20. The lowest BCUT2D eigenvalue weighted by molar-refractivity contribution is 0.578. The summed E-state index contributed by atoms with van der Waals surface area (Å²) in [4.78, 5) is 0. The summed E-state index contributed by atoms with van der Waals surface area (Å²) < 4.78 is 14.2. The van der Waals surface area contributed by atoms with Gasteiger partial charge in [0.2, 0.25) is 0 Å². The summed E-state index contributed by atoms with van der Waals surface area (Å²) in [6.07, 6.45) is 0. The molecule has 0 aromatic heterocycles. The second-order valence-electron chi connectivity index (χ2n) is 4.93. The molecule has 0 heterocycles. The maximum atomic E-state index is 14.2. The molecule has 0 aliphatic heterocycles. The molecule has 0 radical (unpaired) electrons. The Kier molecular flexibility index (Phi) is 3.91. The molecule has 0 aliphatic rings. The molecule has 0 aliphatic carbocycles. The van der Waals surface area contributed by atoms with Gasteiger partial charge in [0.1, 0.15) is 5.82 Å². The van der Waals surface area contributed by atoms with Gasteiger partial charge in [0, 0.05) is 10.6 Å². The van der Waals surface area contributed by atoms with Crippen LogP contribution in [0.25, 0.3) is 10.8 Å². The first-order valence-corrected chi connectivity index (χ1v) is 7.19. The Labute approximate surface area is 128 Å². The lowest BCUT2D eigenvalue weighted by atomic mass is 9.93. The summed E-state index contributed by atoms with van der Waals surface area (Å²) in [6, 6.07) is 18.6. The minimum Gasteiger partial charge on any atom is -0.309 e. The Hall–Kier alpha value is -1.90. The highest BCUT2D eigenvalue weighted by atomic mass is 35.5. The Balaban J connectivity index is 2.24. The van der Waals surface area contributed by atoms with Gasteiger partial charge in [0.05, 0.1) is 6.04 Å². The van der Waals surface area contributed by atoms with E-state index in [0.717, 1.165) is 16.3 Å². The van der Waals surface area contributed by atoms with Crippen LogP contribution in [0.15, 0.2) is 60.7 Å². The van der Waals surface area contributed by atoms with Gasteiger partial charge in [-0.3, -0.25) is 0 Å². The molecule has 0 fully saturated rings. The molecular weight excluding hydrogens is 285 g/mol. The number of halogens is 2. The van der Waals surface area contributed by atoms with Gasteiger partial charge < -0.3 is 5.32 Å². The van der Waals surface area contributed by atoms with Gasteiger partial charge in [0.15, 0.2) is 0 Å². The third kappa shape index (κ3) is 2.53. The maximum Gasteiger partial charge on any atom is 0.129 e. The van der Waals surface area contributed by atoms with E-state index < -0.39 is 0 Å². The van der Waals surface area contributed by atoms with E-state index in [4.69, 9.17) is 11.6 Å². The topological polar surface area (TPSA) is 12.0 Å². The van der Waals surface area contributed by atoms with Crippen LogP contribution in [0.5, 0.6) is 0 Å². The van der Waals surface area contributed by atoms with E-state index in [2.05, 4.69) is 17.4 Å². The van der Waals surface area contributed by atoms with Crippen molar-refractivity contribution in [1.82, 2.24) is 5.32 Å². The Bertz CT molecular complexity index is 760. The minimum atomic E-state index is -0.296. The van der Waals surface area contributed by atoms with Gasteiger partial charge in [-0.15, -0.1) is 0 Å². The van der Waals surface area contributed by atoms with Crippen molar-refractivity contribution in [2.45, 2.75) is 6.04 Å². The van der Waals surface area contributed by atoms with Gasteiger partial charge in [0.25, 0.3) is 0 Å². The van der Waals surface area contributed by atoms with Crippen LogP contribution in [0.1, 0.15) is 17.2 Å². The number of hydrogen-bond donors (Lipinski definition) is 1. The first-order chi connectivity index (χ1) is 10.2. The average Bonchev–Trinajstić information content (AvgIpc) is 2.51. The summed E-state index contributed by atoms with van der Waals surface area (Å²) in [5, 5.41) is 5.84. The molecule has 106 valence electrons. The van der Waals surface area contributed by atoms with Gasteiger partial charge in [-0.2, -0.15) is 0 Å². The molecular formula is C18H15ClFN. The van der Waals surface area contributed by atoms with Crippen LogP contribution >= 0.6 is 11.6 Å². The van der Waals surface area contributed by atoms with Crippen molar-refractivity contribution in [3.8, 4) is 0 Å². The van der Waals surface area contributed by atoms with E-state index in [1.165, 1.54) is 6.07 Å². The van der Waals surface area contributed by atoms with Crippen LogP contribution in [-0.4, -0.2) is 7.05 Å². The fraction of sp³-hybridized carbons (Fsp3) is 0.111. The number of hydrogen-bond acceptors (Lipinski definition) is 1. The summed E-state index contributed by atoms with van der Waals surface area (Å²) in [7, 11) is 1.81. The molecule has 0 saturated heterocycles. The van der Waals surface area contributed by atoms with Crippen molar-refractivity contribution in [2.75, 3.05) is 7.05 Å². The number of rotatable bonds is 3. The molecule has 1 atom stereocenters. The first kappa shape index (κ1) is 14.1. The van der Waals surface area contributed by atoms with Crippen LogP contribution in [0.4, 0.5) is 4.39 Å². The quantitative estimate of drug-likeness (QED) is 0.722. The molecule has 0 spiro atoms. The molecule has 3 aromatic carbocycles.